The summed E-state index contributed by atoms with van der Waals surface area (Å²) >= 11 is 0. The number of fused-ring (bicyclic) bond motifs is 1. The largest absolute Gasteiger partial charge is 0.339 e. The molecule has 7 heteroatoms. The molecule has 0 spiro atoms. The standard InChI is InChI=1S/C26H26N4O3/c31-24(18-30-25(32)19-29(26(30)33)22-10-2-1-3-11-22)28-15-13-27(14-16-28)17-21-9-6-8-20-7-4-5-12-23(20)21/h1-12H,13-19H2. The molecule has 0 atom stereocenters. The van der Waals surface area contributed by atoms with Crippen LogP contribution >= 0.6 is 0 Å². The molecule has 0 bridgehead atoms. The zero-order valence-corrected chi connectivity index (χ0v) is 18.4. The monoisotopic (exact) mass is 442 g/mol. The molecule has 2 fully saturated rings. The number of carbonyl (C=O) groups excluding carboxylic acids is 3. The van der Waals surface area contributed by atoms with Crippen LogP contribution in [-0.2, 0) is 16.1 Å². The number of benzene rings is 3. The van der Waals surface area contributed by atoms with E-state index < -0.39 is 6.03 Å². The number of rotatable bonds is 5. The number of para-hydroxylation sites is 1. The predicted molar refractivity (Wildman–Crippen MR) is 127 cm³/mol. The van der Waals surface area contributed by atoms with Crippen LogP contribution in [0, 0.1) is 0 Å². The van der Waals surface area contributed by atoms with Gasteiger partial charge >= 0.3 is 6.03 Å². The van der Waals surface area contributed by atoms with E-state index in [0.717, 1.165) is 24.5 Å². The highest BCUT2D eigenvalue weighted by molar-refractivity contribution is 6.13. The summed E-state index contributed by atoms with van der Waals surface area (Å²) in [6.45, 7) is 3.28. The third-order valence-electron chi connectivity index (χ3n) is 6.42. The van der Waals surface area contributed by atoms with Crippen molar-refractivity contribution in [1.82, 2.24) is 14.7 Å². The maximum atomic E-state index is 12.9. The minimum Gasteiger partial charge on any atom is -0.339 e. The summed E-state index contributed by atoms with van der Waals surface area (Å²) in [7, 11) is 0. The number of hydrogen-bond acceptors (Lipinski definition) is 4. The molecular weight excluding hydrogens is 416 g/mol. The Balaban J connectivity index is 1.17. The molecule has 5 rings (SSSR count). The second-order valence-corrected chi connectivity index (χ2v) is 8.48. The van der Waals surface area contributed by atoms with Crippen molar-refractivity contribution < 1.29 is 14.4 Å². The number of nitrogens with zero attached hydrogens (tertiary/aromatic N) is 4. The Morgan fingerprint density at radius 3 is 2.27 bits per heavy atom. The number of piperazine rings is 1. The summed E-state index contributed by atoms with van der Waals surface area (Å²) in [5.74, 6) is -0.525. The summed E-state index contributed by atoms with van der Waals surface area (Å²) in [6, 6.07) is 23.4. The van der Waals surface area contributed by atoms with Crippen molar-refractivity contribution in [3.05, 3.63) is 78.4 Å². The summed E-state index contributed by atoms with van der Waals surface area (Å²) in [5, 5.41) is 2.49. The van der Waals surface area contributed by atoms with Crippen LogP contribution in [0.15, 0.2) is 72.8 Å². The van der Waals surface area contributed by atoms with Crippen molar-refractivity contribution in [2.24, 2.45) is 0 Å². The van der Waals surface area contributed by atoms with Crippen LogP contribution < -0.4 is 4.90 Å². The second kappa shape index (κ2) is 9.03. The van der Waals surface area contributed by atoms with Gasteiger partial charge in [-0.25, -0.2) is 4.79 Å². The molecule has 0 saturated carbocycles. The van der Waals surface area contributed by atoms with E-state index in [1.54, 1.807) is 17.0 Å². The zero-order chi connectivity index (χ0) is 22.8. The molecule has 4 amide bonds. The molecule has 0 aromatic heterocycles. The maximum absolute atomic E-state index is 12.9. The first-order chi connectivity index (χ1) is 16.1. The SMILES string of the molecule is O=C(CN1C(=O)CN(c2ccccc2)C1=O)N1CCN(Cc2cccc3ccccc23)CC1. The average Bonchev–Trinajstić information content (AvgIpc) is 3.13. The molecule has 2 aliphatic rings. The van der Waals surface area contributed by atoms with Gasteiger partial charge in [0.05, 0.1) is 0 Å². The topological polar surface area (TPSA) is 64.2 Å². The summed E-state index contributed by atoms with van der Waals surface area (Å²) in [6.07, 6.45) is 0. The molecule has 168 valence electrons. The van der Waals surface area contributed by atoms with Gasteiger partial charge in [-0.1, -0.05) is 60.7 Å². The molecule has 2 saturated heterocycles. The van der Waals surface area contributed by atoms with Crippen LogP contribution in [0.2, 0.25) is 0 Å². The van der Waals surface area contributed by atoms with Gasteiger partial charge in [0, 0.05) is 38.4 Å². The lowest BCUT2D eigenvalue weighted by atomic mass is 10.0. The fourth-order valence-electron chi connectivity index (χ4n) is 4.57. The van der Waals surface area contributed by atoms with Crippen LogP contribution in [-0.4, -0.2) is 71.8 Å². The molecule has 0 N–H and O–H groups in total. The van der Waals surface area contributed by atoms with Gasteiger partial charge in [-0.2, -0.15) is 0 Å². The van der Waals surface area contributed by atoms with E-state index in [0.29, 0.717) is 18.8 Å². The number of carbonyl (C=O) groups is 3. The van der Waals surface area contributed by atoms with Crippen molar-refractivity contribution in [3.63, 3.8) is 0 Å². The van der Waals surface area contributed by atoms with Crippen LogP contribution in [0.3, 0.4) is 0 Å². The van der Waals surface area contributed by atoms with Crippen LogP contribution in [0.4, 0.5) is 10.5 Å². The number of imide groups is 1. The molecule has 3 aromatic rings. The van der Waals surface area contributed by atoms with Crippen molar-refractivity contribution >= 4 is 34.3 Å². The van der Waals surface area contributed by atoms with Crippen LogP contribution in [0.25, 0.3) is 10.8 Å². The van der Waals surface area contributed by atoms with Gasteiger partial charge in [-0.05, 0) is 28.5 Å². The fourth-order valence-corrected chi connectivity index (χ4v) is 4.57. The molecule has 3 aromatic carbocycles. The third-order valence-corrected chi connectivity index (χ3v) is 6.42. The quantitative estimate of drug-likeness (QED) is 0.570. The lowest BCUT2D eigenvalue weighted by Gasteiger charge is -2.35. The first-order valence-electron chi connectivity index (χ1n) is 11.2. The fraction of sp³-hybridized carbons (Fsp3) is 0.269. The molecule has 2 aliphatic heterocycles. The van der Waals surface area contributed by atoms with Crippen LogP contribution in [0.1, 0.15) is 5.56 Å². The van der Waals surface area contributed by atoms with E-state index in [2.05, 4.69) is 41.3 Å². The molecular formula is C26H26N4O3. The molecule has 0 radical (unpaired) electrons. The lowest BCUT2D eigenvalue weighted by molar-refractivity contribution is -0.137. The summed E-state index contributed by atoms with van der Waals surface area (Å²) in [5.41, 5.74) is 1.94. The Morgan fingerprint density at radius 2 is 1.48 bits per heavy atom. The Hall–Kier alpha value is -3.71. The number of anilines is 1. The van der Waals surface area contributed by atoms with E-state index >= 15 is 0 Å². The molecule has 2 heterocycles. The Morgan fingerprint density at radius 1 is 0.788 bits per heavy atom. The number of hydrogen-bond donors (Lipinski definition) is 0. The van der Waals surface area contributed by atoms with Crippen molar-refractivity contribution in [2.45, 2.75) is 6.54 Å². The van der Waals surface area contributed by atoms with E-state index in [4.69, 9.17) is 0 Å². The summed E-state index contributed by atoms with van der Waals surface area (Å²) < 4.78 is 0. The highest BCUT2D eigenvalue weighted by Gasteiger charge is 2.38. The van der Waals surface area contributed by atoms with Gasteiger partial charge in [-0.3, -0.25) is 24.3 Å². The maximum Gasteiger partial charge on any atom is 0.332 e. The van der Waals surface area contributed by atoms with Crippen molar-refractivity contribution in [2.75, 3.05) is 44.2 Å². The van der Waals surface area contributed by atoms with Crippen LogP contribution in [0.5, 0.6) is 0 Å². The van der Waals surface area contributed by atoms with Gasteiger partial charge in [-0.15, -0.1) is 0 Å². The lowest BCUT2D eigenvalue weighted by Crippen LogP contribution is -2.51. The highest BCUT2D eigenvalue weighted by atomic mass is 16.2. The summed E-state index contributed by atoms with van der Waals surface area (Å²) in [4.78, 5) is 44.6. The minimum absolute atomic E-state index is 0.0328. The first-order valence-corrected chi connectivity index (χ1v) is 11.2. The van der Waals surface area contributed by atoms with Crippen molar-refractivity contribution in [1.29, 1.82) is 0 Å². The van der Waals surface area contributed by atoms with E-state index in [1.807, 2.05) is 24.3 Å². The molecule has 0 unspecified atom stereocenters. The van der Waals surface area contributed by atoms with Gasteiger partial charge in [0.1, 0.15) is 13.1 Å². The molecule has 0 aliphatic carbocycles. The third kappa shape index (κ3) is 4.32. The first kappa shape index (κ1) is 21.2. The number of amides is 4. The molecule has 7 nitrogen and oxygen atoms in total. The number of urea groups is 1. The highest BCUT2D eigenvalue weighted by Crippen LogP contribution is 2.22. The predicted octanol–water partition coefficient (Wildman–Crippen LogP) is 2.95. The zero-order valence-electron chi connectivity index (χ0n) is 18.4. The van der Waals surface area contributed by atoms with E-state index in [9.17, 15) is 14.4 Å². The molecule has 33 heavy (non-hydrogen) atoms. The van der Waals surface area contributed by atoms with Gasteiger partial charge in [0.15, 0.2) is 0 Å². The van der Waals surface area contributed by atoms with Crippen molar-refractivity contribution in [3.8, 4) is 0 Å². The smallest absolute Gasteiger partial charge is 0.332 e. The normalized spacial score (nSPS) is 17.3. The van der Waals surface area contributed by atoms with Gasteiger partial charge in [0.25, 0.3) is 5.91 Å². The Bertz CT molecular complexity index is 1180. The van der Waals surface area contributed by atoms with E-state index in [1.165, 1.54) is 21.2 Å². The minimum atomic E-state index is -0.436. The Labute approximate surface area is 192 Å². The van der Waals surface area contributed by atoms with Gasteiger partial charge < -0.3 is 4.90 Å². The Kier molecular flexibility index (Phi) is 5.79. The van der Waals surface area contributed by atoms with Gasteiger partial charge in [0.2, 0.25) is 5.91 Å². The van der Waals surface area contributed by atoms with E-state index in [-0.39, 0.29) is 24.9 Å². The average molecular weight is 443 g/mol. The second-order valence-electron chi connectivity index (χ2n) is 8.48.